The first-order chi connectivity index (χ1) is 6.66. The number of hydrogen-bond donors (Lipinski definition) is 2. The van der Waals surface area contributed by atoms with E-state index in [0.717, 1.165) is 19.3 Å². The Balaban J connectivity index is 3.18. The molecule has 0 unspecified atom stereocenters. The Labute approximate surface area is 86.1 Å². The molecule has 0 fully saturated rings. The summed E-state index contributed by atoms with van der Waals surface area (Å²) in [6.07, 6.45) is 6.66. The van der Waals surface area contributed by atoms with Crippen LogP contribution in [0.1, 0.15) is 58.3 Å². The minimum atomic E-state index is -0.824. The largest absolute Gasteiger partial charge is 0.481 e. The maximum absolute atomic E-state index is 10.2. The maximum Gasteiger partial charge on any atom is 0.303 e. The Morgan fingerprint density at radius 1 is 1.14 bits per heavy atom. The molecule has 0 aromatic rings. The van der Waals surface area contributed by atoms with Crippen molar-refractivity contribution in [2.24, 2.45) is 0 Å². The lowest BCUT2D eigenvalue weighted by Gasteiger charge is -2.08. The zero-order valence-corrected chi connectivity index (χ0v) is 9.04. The van der Waals surface area contributed by atoms with Gasteiger partial charge in [0.2, 0.25) is 0 Å². The van der Waals surface area contributed by atoms with Crippen molar-refractivity contribution in [3.8, 4) is 0 Å². The molecule has 0 radical (unpaired) electrons. The highest BCUT2D eigenvalue weighted by Crippen LogP contribution is 2.10. The van der Waals surface area contributed by atoms with Crippen LogP contribution >= 0.6 is 0 Å². The molecule has 1 atom stereocenters. The van der Waals surface area contributed by atoms with Gasteiger partial charge in [0.1, 0.15) is 0 Å². The number of carboxylic acids is 1. The molecule has 0 heterocycles. The average Bonchev–Trinajstić information content (AvgIpc) is 2.14. The molecule has 0 aromatic heterocycles. The van der Waals surface area contributed by atoms with Crippen LogP contribution in [-0.4, -0.2) is 22.3 Å². The second kappa shape index (κ2) is 9.00. The fourth-order valence-corrected chi connectivity index (χ4v) is 1.42. The molecule has 0 spiro atoms. The summed E-state index contributed by atoms with van der Waals surface area (Å²) >= 11 is 0. The first-order valence-electron chi connectivity index (χ1n) is 5.56. The molecule has 0 bridgehead atoms. The van der Waals surface area contributed by atoms with Gasteiger partial charge in [0.25, 0.3) is 0 Å². The maximum atomic E-state index is 10.2. The number of aliphatic carboxylic acids is 1. The summed E-state index contributed by atoms with van der Waals surface area (Å²) in [6.45, 7) is 2.17. The van der Waals surface area contributed by atoms with Crippen LogP contribution in [0.3, 0.4) is 0 Å². The van der Waals surface area contributed by atoms with Crippen molar-refractivity contribution >= 4 is 5.97 Å². The third kappa shape index (κ3) is 9.52. The van der Waals surface area contributed by atoms with E-state index >= 15 is 0 Å². The molecule has 0 aliphatic carbocycles. The molecule has 3 heteroatoms. The average molecular weight is 202 g/mol. The molecule has 2 N–H and O–H groups in total. The predicted molar refractivity (Wildman–Crippen MR) is 56.3 cm³/mol. The summed E-state index contributed by atoms with van der Waals surface area (Å²) in [5.41, 5.74) is 0. The van der Waals surface area contributed by atoms with Crippen molar-refractivity contribution < 1.29 is 15.0 Å². The van der Waals surface area contributed by atoms with Crippen LogP contribution < -0.4 is 0 Å². The fourth-order valence-electron chi connectivity index (χ4n) is 1.42. The van der Waals surface area contributed by atoms with Gasteiger partial charge < -0.3 is 10.2 Å². The summed E-state index contributed by atoms with van der Waals surface area (Å²) in [5, 5.41) is 17.8. The van der Waals surface area contributed by atoms with Crippen LogP contribution in [0.2, 0.25) is 0 Å². The van der Waals surface area contributed by atoms with E-state index in [-0.39, 0.29) is 6.42 Å². The van der Waals surface area contributed by atoms with Crippen LogP contribution in [0.4, 0.5) is 0 Å². The van der Waals surface area contributed by atoms with Gasteiger partial charge in [-0.05, 0) is 12.8 Å². The minimum absolute atomic E-state index is 0.0795. The number of aliphatic hydroxyl groups is 1. The first-order valence-corrected chi connectivity index (χ1v) is 5.56. The van der Waals surface area contributed by atoms with Crippen molar-refractivity contribution in [2.75, 3.05) is 0 Å². The monoisotopic (exact) mass is 202 g/mol. The zero-order chi connectivity index (χ0) is 10.8. The van der Waals surface area contributed by atoms with E-state index in [1.165, 1.54) is 19.3 Å². The highest BCUT2D eigenvalue weighted by atomic mass is 16.4. The number of aliphatic hydroxyl groups excluding tert-OH is 1. The highest BCUT2D eigenvalue weighted by Gasteiger charge is 2.06. The number of unbranched alkanes of at least 4 members (excludes halogenated alkanes) is 4. The van der Waals surface area contributed by atoms with Crippen LogP contribution in [0.15, 0.2) is 0 Å². The smallest absolute Gasteiger partial charge is 0.303 e. The van der Waals surface area contributed by atoms with E-state index in [1.807, 2.05) is 0 Å². The van der Waals surface area contributed by atoms with Gasteiger partial charge in [-0.15, -0.1) is 0 Å². The number of rotatable bonds is 9. The fraction of sp³-hybridized carbons (Fsp3) is 0.909. The lowest BCUT2D eigenvalue weighted by molar-refractivity contribution is -0.137. The zero-order valence-electron chi connectivity index (χ0n) is 9.04. The Morgan fingerprint density at radius 2 is 1.79 bits per heavy atom. The summed E-state index contributed by atoms with van der Waals surface area (Å²) in [4.78, 5) is 10.2. The summed E-state index contributed by atoms with van der Waals surface area (Å²) in [7, 11) is 0. The van der Waals surface area contributed by atoms with Gasteiger partial charge in [0.05, 0.1) is 6.10 Å². The molecule has 0 aliphatic rings. The van der Waals surface area contributed by atoms with Gasteiger partial charge in [-0.25, -0.2) is 0 Å². The van der Waals surface area contributed by atoms with E-state index in [2.05, 4.69) is 6.92 Å². The molecule has 0 aromatic carbocycles. The van der Waals surface area contributed by atoms with E-state index in [0.29, 0.717) is 6.42 Å². The molecule has 0 rings (SSSR count). The van der Waals surface area contributed by atoms with Gasteiger partial charge in [-0.2, -0.15) is 0 Å². The SMILES string of the molecule is CCCCCCC[C@@H](O)CCC(=O)O. The van der Waals surface area contributed by atoms with Gasteiger partial charge in [0, 0.05) is 6.42 Å². The van der Waals surface area contributed by atoms with E-state index in [9.17, 15) is 9.90 Å². The predicted octanol–water partition coefficient (Wildman–Crippen LogP) is 2.57. The number of carbonyl (C=O) groups is 1. The van der Waals surface area contributed by atoms with Crippen LogP contribution in [0.5, 0.6) is 0 Å². The molecule has 0 saturated carbocycles. The van der Waals surface area contributed by atoms with Crippen molar-refractivity contribution in [1.29, 1.82) is 0 Å². The Kier molecular flexibility index (Phi) is 8.64. The van der Waals surface area contributed by atoms with Gasteiger partial charge in [-0.1, -0.05) is 39.0 Å². The molecule has 14 heavy (non-hydrogen) atoms. The van der Waals surface area contributed by atoms with E-state index < -0.39 is 12.1 Å². The quantitative estimate of drug-likeness (QED) is 0.565. The van der Waals surface area contributed by atoms with Crippen LogP contribution in [0, 0.1) is 0 Å². The van der Waals surface area contributed by atoms with Crippen molar-refractivity contribution in [3.05, 3.63) is 0 Å². The third-order valence-corrected chi connectivity index (χ3v) is 2.33. The van der Waals surface area contributed by atoms with Crippen LogP contribution in [0.25, 0.3) is 0 Å². The van der Waals surface area contributed by atoms with Gasteiger partial charge in [0.15, 0.2) is 0 Å². The summed E-state index contributed by atoms with van der Waals surface area (Å²) in [6, 6.07) is 0. The lowest BCUT2D eigenvalue weighted by atomic mass is 10.1. The first kappa shape index (κ1) is 13.4. The van der Waals surface area contributed by atoms with E-state index in [1.54, 1.807) is 0 Å². The Hall–Kier alpha value is -0.570. The standard InChI is InChI=1S/C11H22O3/c1-2-3-4-5-6-7-10(12)8-9-11(13)14/h10,12H,2-9H2,1H3,(H,13,14)/t10-/m1/s1. The minimum Gasteiger partial charge on any atom is -0.481 e. The second-order valence-corrected chi connectivity index (χ2v) is 3.79. The van der Waals surface area contributed by atoms with E-state index in [4.69, 9.17) is 5.11 Å². The van der Waals surface area contributed by atoms with Crippen molar-refractivity contribution in [1.82, 2.24) is 0 Å². The van der Waals surface area contributed by atoms with Crippen molar-refractivity contribution in [2.45, 2.75) is 64.4 Å². The number of carboxylic acid groups (broad SMARTS) is 1. The Morgan fingerprint density at radius 3 is 2.36 bits per heavy atom. The molecule has 0 aliphatic heterocycles. The number of hydrogen-bond acceptors (Lipinski definition) is 2. The summed E-state index contributed by atoms with van der Waals surface area (Å²) < 4.78 is 0. The molecule has 84 valence electrons. The van der Waals surface area contributed by atoms with Crippen LogP contribution in [-0.2, 0) is 4.79 Å². The molecule has 3 nitrogen and oxygen atoms in total. The Bertz CT molecular complexity index is 145. The lowest BCUT2D eigenvalue weighted by Crippen LogP contribution is -2.09. The molecular weight excluding hydrogens is 180 g/mol. The molecule has 0 saturated heterocycles. The normalized spacial score (nSPS) is 12.7. The van der Waals surface area contributed by atoms with Crippen molar-refractivity contribution in [3.63, 3.8) is 0 Å². The highest BCUT2D eigenvalue weighted by molar-refractivity contribution is 5.66. The molecule has 0 amide bonds. The topological polar surface area (TPSA) is 57.5 Å². The summed E-state index contributed by atoms with van der Waals surface area (Å²) in [5.74, 6) is -0.824. The third-order valence-electron chi connectivity index (χ3n) is 2.33. The second-order valence-electron chi connectivity index (χ2n) is 3.79. The van der Waals surface area contributed by atoms with Gasteiger partial charge >= 0.3 is 5.97 Å². The molecular formula is C11H22O3. The van der Waals surface area contributed by atoms with Gasteiger partial charge in [-0.3, -0.25) is 4.79 Å².